The molecule has 1 amide bonds. The summed E-state index contributed by atoms with van der Waals surface area (Å²) in [6, 6.07) is 19.9. The molecule has 160 valence electrons. The van der Waals surface area contributed by atoms with Crippen molar-refractivity contribution in [3.8, 4) is 0 Å². The SMILES string of the molecule is Cc1ccnc(C(Cc2ccccc2)(NC(=O)C2CC2)c2cccc(C(C)(F)F)c2)c1. The zero-order valence-electron chi connectivity index (χ0n) is 17.7. The summed E-state index contributed by atoms with van der Waals surface area (Å²) in [6.45, 7) is 2.84. The molecule has 0 saturated heterocycles. The van der Waals surface area contributed by atoms with Gasteiger partial charge in [-0.2, -0.15) is 0 Å². The van der Waals surface area contributed by atoms with Crippen LogP contribution in [-0.2, 0) is 22.7 Å². The van der Waals surface area contributed by atoms with E-state index in [0.717, 1.165) is 30.9 Å². The number of aryl methyl sites for hydroxylation is 1. The van der Waals surface area contributed by atoms with Crippen LogP contribution in [0.4, 0.5) is 8.78 Å². The second-order valence-electron chi connectivity index (χ2n) is 8.52. The number of hydrogen-bond donors (Lipinski definition) is 1. The normalized spacial score (nSPS) is 15.9. The highest BCUT2D eigenvalue weighted by Crippen LogP contribution is 2.38. The van der Waals surface area contributed by atoms with Crippen molar-refractivity contribution >= 4 is 5.91 Å². The summed E-state index contributed by atoms with van der Waals surface area (Å²) < 4.78 is 28.4. The molecule has 1 atom stereocenters. The first-order valence-electron chi connectivity index (χ1n) is 10.6. The van der Waals surface area contributed by atoms with E-state index < -0.39 is 11.5 Å². The maximum absolute atomic E-state index is 14.2. The molecule has 2 aromatic carbocycles. The molecule has 0 bridgehead atoms. The second-order valence-corrected chi connectivity index (χ2v) is 8.52. The van der Waals surface area contributed by atoms with Crippen LogP contribution in [0.5, 0.6) is 0 Å². The first-order chi connectivity index (χ1) is 14.8. The van der Waals surface area contributed by atoms with Crippen LogP contribution >= 0.6 is 0 Å². The molecule has 31 heavy (non-hydrogen) atoms. The lowest BCUT2D eigenvalue weighted by atomic mass is 9.79. The molecular weight excluding hydrogens is 394 g/mol. The van der Waals surface area contributed by atoms with Crippen LogP contribution in [0.3, 0.4) is 0 Å². The number of benzene rings is 2. The lowest BCUT2D eigenvalue weighted by Gasteiger charge is -2.36. The van der Waals surface area contributed by atoms with E-state index in [-0.39, 0.29) is 17.4 Å². The van der Waals surface area contributed by atoms with Gasteiger partial charge in [-0.3, -0.25) is 9.78 Å². The van der Waals surface area contributed by atoms with E-state index in [0.29, 0.717) is 17.7 Å². The molecule has 1 N–H and O–H groups in total. The molecule has 0 aliphatic heterocycles. The van der Waals surface area contributed by atoms with E-state index in [2.05, 4.69) is 10.3 Å². The third-order valence-corrected chi connectivity index (χ3v) is 5.81. The zero-order valence-corrected chi connectivity index (χ0v) is 17.7. The standard InChI is InChI=1S/C26H26F2N2O/c1-18-13-14-29-23(15-18)26(30-24(31)20-11-12-20,17-19-7-4-3-5-8-19)22-10-6-9-21(16-22)25(2,27)28/h3-10,13-16,20H,11-12,17H2,1-2H3,(H,30,31). The van der Waals surface area contributed by atoms with Crippen molar-refractivity contribution in [2.24, 2.45) is 5.92 Å². The Labute approximate surface area is 181 Å². The van der Waals surface area contributed by atoms with Gasteiger partial charge in [-0.1, -0.05) is 48.5 Å². The Morgan fingerprint density at radius 1 is 1.03 bits per heavy atom. The van der Waals surface area contributed by atoms with Gasteiger partial charge in [0.25, 0.3) is 5.92 Å². The predicted molar refractivity (Wildman–Crippen MR) is 117 cm³/mol. The molecule has 1 unspecified atom stereocenters. The van der Waals surface area contributed by atoms with E-state index in [1.807, 2.05) is 49.4 Å². The van der Waals surface area contributed by atoms with E-state index in [1.165, 1.54) is 12.1 Å². The highest BCUT2D eigenvalue weighted by atomic mass is 19.3. The Kier molecular flexibility index (Phi) is 5.61. The highest BCUT2D eigenvalue weighted by molar-refractivity contribution is 5.82. The van der Waals surface area contributed by atoms with Gasteiger partial charge in [0.2, 0.25) is 5.91 Å². The first-order valence-corrected chi connectivity index (χ1v) is 10.6. The van der Waals surface area contributed by atoms with Gasteiger partial charge in [-0.15, -0.1) is 0 Å². The zero-order chi connectivity index (χ0) is 22.1. The van der Waals surface area contributed by atoms with Gasteiger partial charge in [-0.05, 0) is 54.7 Å². The predicted octanol–water partition coefficient (Wildman–Crippen LogP) is 5.51. The van der Waals surface area contributed by atoms with E-state index in [9.17, 15) is 13.6 Å². The number of alkyl halides is 2. The lowest BCUT2D eigenvalue weighted by Crippen LogP contribution is -2.50. The van der Waals surface area contributed by atoms with E-state index in [1.54, 1.807) is 18.3 Å². The van der Waals surface area contributed by atoms with Crippen LogP contribution in [0.1, 0.15) is 47.7 Å². The van der Waals surface area contributed by atoms with Crippen LogP contribution in [0.15, 0.2) is 72.9 Å². The number of hydrogen-bond acceptors (Lipinski definition) is 2. The van der Waals surface area contributed by atoms with Gasteiger partial charge in [0.05, 0.1) is 5.69 Å². The molecular formula is C26H26F2N2O. The van der Waals surface area contributed by atoms with Gasteiger partial charge in [0, 0.05) is 31.0 Å². The smallest absolute Gasteiger partial charge is 0.270 e. The summed E-state index contributed by atoms with van der Waals surface area (Å²) in [5.74, 6) is -3.08. The summed E-state index contributed by atoms with van der Waals surface area (Å²) in [7, 11) is 0. The number of pyridine rings is 1. The van der Waals surface area contributed by atoms with Gasteiger partial charge < -0.3 is 5.32 Å². The van der Waals surface area contributed by atoms with Crippen molar-refractivity contribution in [2.75, 3.05) is 0 Å². The van der Waals surface area contributed by atoms with E-state index >= 15 is 0 Å². The van der Waals surface area contributed by atoms with Gasteiger partial charge in [0.15, 0.2) is 0 Å². The summed E-state index contributed by atoms with van der Waals surface area (Å²) >= 11 is 0. The minimum atomic E-state index is -2.99. The van der Waals surface area contributed by atoms with Gasteiger partial charge in [0.1, 0.15) is 5.54 Å². The number of carbonyl (C=O) groups is 1. The Bertz CT molecular complexity index is 1070. The maximum atomic E-state index is 14.2. The molecule has 1 fully saturated rings. The van der Waals surface area contributed by atoms with E-state index in [4.69, 9.17) is 0 Å². The summed E-state index contributed by atoms with van der Waals surface area (Å²) in [5.41, 5.74) is 2.06. The number of carbonyl (C=O) groups excluding carboxylic acids is 1. The molecule has 0 radical (unpaired) electrons. The minimum absolute atomic E-state index is 0.0317. The van der Waals surface area contributed by atoms with Crippen LogP contribution in [0.2, 0.25) is 0 Å². The number of aromatic nitrogens is 1. The molecule has 4 rings (SSSR count). The molecule has 3 aromatic rings. The van der Waals surface area contributed by atoms with Crippen molar-refractivity contribution < 1.29 is 13.6 Å². The third kappa shape index (κ3) is 4.66. The summed E-state index contributed by atoms with van der Waals surface area (Å²) in [5, 5.41) is 3.23. The first kappa shape index (κ1) is 21.2. The highest BCUT2D eigenvalue weighted by Gasteiger charge is 2.42. The average Bonchev–Trinajstić information content (AvgIpc) is 3.59. The fraction of sp³-hybridized carbons (Fsp3) is 0.308. The number of nitrogens with one attached hydrogen (secondary N) is 1. The average molecular weight is 421 g/mol. The Hall–Kier alpha value is -3.08. The van der Waals surface area contributed by atoms with Crippen molar-refractivity contribution in [1.29, 1.82) is 0 Å². The molecule has 1 aliphatic rings. The monoisotopic (exact) mass is 420 g/mol. The Balaban J connectivity index is 1.93. The fourth-order valence-electron chi connectivity index (χ4n) is 3.91. The number of rotatable bonds is 7. The van der Waals surface area contributed by atoms with Crippen LogP contribution in [0, 0.1) is 12.8 Å². The largest absolute Gasteiger partial charge is 0.340 e. The van der Waals surface area contributed by atoms with Crippen molar-refractivity contribution in [3.63, 3.8) is 0 Å². The van der Waals surface area contributed by atoms with Crippen molar-refractivity contribution in [1.82, 2.24) is 10.3 Å². The van der Waals surface area contributed by atoms with Crippen molar-refractivity contribution in [3.05, 3.63) is 101 Å². The lowest BCUT2D eigenvalue weighted by molar-refractivity contribution is -0.124. The molecule has 1 saturated carbocycles. The number of halogens is 2. The van der Waals surface area contributed by atoms with Crippen molar-refractivity contribution in [2.45, 2.75) is 44.6 Å². The molecule has 1 aliphatic carbocycles. The van der Waals surface area contributed by atoms with Crippen LogP contribution < -0.4 is 5.32 Å². The number of nitrogens with zero attached hydrogens (tertiary/aromatic N) is 1. The number of amides is 1. The minimum Gasteiger partial charge on any atom is -0.340 e. The molecule has 1 heterocycles. The van der Waals surface area contributed by atoms with Crippen LogP contribution in [-0.4, -0.2) is 10.9 Å². The van der Waals surface area contributed by atoms with Crippen LogP contribution in [0.25, 0.3) is 0 Å². The maximum Gasteiger partial charge on any atom is 0.270 e. The molecule has 5 heteroatoms. The molecule has 0 spiro atoms. The fourth-order valence-corrected chi connectivity index (χ4v) is 3.91. The molecule has 1 aromatic heterocycles. The third-order valence-electron chi connectivity index (χ3n) is 5.81. The van der Waals surface area contributed by atoms with Gasteiger partial charge >= 0.3 is 0 Å². The Morgan fingerprint density at radius 2 is 1.74 bits per heavy atom. The topological polar surface area (TPSA) is 42.0 Å². The van der Waals surface area contributed by atoms with Gasteiger partial charge in [-0.25, -0.2) is 8.78 Å². The quantitative estimate of drug-likeness (QED) is 0.547. The second kappa shape index (κ2) is 8.22. The summed E-state index contributed by atoms with van der Waals surface area (Å²) in [4.78, 5) is 17.6. The summed E-state index contributed by atoms with van der Waals surface area (Å²) in [6.07, 6.45) is 3.80. The molecule has 3 nitrogen and oxygen atoms in total. The Morgan fingerprint density at radius 3 is 2.39 bits per heavy atom.